The molecule has 0 spiro atoms. The van der Waals surface area contributed by atoms with Gasteiger partial charge in [-0.05, 0) is 43.9 Å². The van der Waals surface area contributed by atoms with Gasteiger partial charge in [-0.2, -0.15) is 4.89 Å². The third-order valence-corrected chi connectivity index (χ3v) is 4.48. The zero-order chi connectivity index (χ0) is 19.8. The first-order valence-electron chi connectivity index (χ1n) is 10.9. The van der Waals surface area contributed by atoms with E-state index < -0.39 is 6.16 Å². The summed E-state index contributed by atoms with van der Waals surface area (Å²) in [6, 6.07) is 0. The molecule has 3 N–H and O–H groups in total. The Morgan fingerprint density at radius 3 is 1.63 bits per heavy atom. The SMILES string of the molecule is CCCCCNCCCCCCCCCCCCCNCOOOC(=O)O. The summed E-state index contributed by atoms with van der Waals surface area (Å²) in [5, 5.41) is 18.6. The van der Waals surface area contributed by atoms with E-state index in [1.54, 1.807) is 0 Å². The summed E-state index contributed by atoms with van der Waals surface area (Å²) in [6.07, 6.45) is 16.8. The summed E-state index contributed by atoms with van der Waals surface area (Å²) in [4.78, 5) is 18.2. The van der Waals surface area contributed by atoms with Crippen LogP contribution in [-0.4, -0.2) is 37.6 Å². The Balaban J connectivity index is 2.98. The molecule has 0 saturated heterocycles. The number of carbonyl (C=O) groups is 1. The van der Waals surface area contributed by atoms with Crippen LogP contribution in [0.5, 0.6) is 0 Å². The molecule has 0 aromatic heterocycles. The van der Waals surface area contributed by atoms with E-state index in [0.717, 1.165) is 13.0 Å². The highest BCUT2D eigenvalue weighted by Crippen LogP contribution is 2.11. The molecule has 0 heterocycles. The van der Waals surface area contributed by atoms with E-state index in [1.807, 2.05) is 0 Å². The Hall–Kier alpha value is -0.890. The third-order valence-electron chi connectivity index (χ3n) is 4.48. The minimum atomic E-state index is -1.53. The molecule has 27 heavy (non-hydrogen) atoms. The molecule has 0 aliphatic rings. The monoisotopic (exact) mass is 390 g/mol. The van der Waals surface area contributed by atoms with Crippen molar-refractivity contribution in [2.45, 2.75) is 96.8 Å². The van der Waals surface area contributed by atoms with Gasteiger partial charge in [0.15, 0.2) is 0 Å². The molecule has 7 heteroatoms. The van der Waals surface area contributed by atoms with Gasteiger partial charge in [0.05, 0.1) is 0 Å². The molecule has 0 saturated carbocycles. The van der Waals surface area contributed by atoms with E-state index in [-0.39, 0.29) is 6.73 Å². The molecule has 0 aromatic rings. The van der Waals surface area contributed by atoms with E-state index in [1.165, 1.54) is 96.6 Å². The van der Waals surface area contributed by atoms with Crippen LogP contribution in [0, 0.1) is 0 Å². The smallest absolute Gasteiger partial charge is 0.448 e. The fourth-order valence-corrected chi connectivity index (χ4v) is 2.91. The zero-order valence-electron chi connectivity index (χ0n) is 17.3. The van der Waals surface area contributed by atoms with Gasteiger partial charge >= 0.3 is 6.16 Å². The fraction of sp³-hybridized carbons (Fsp3) is 0.950. The molecule has 0 bridgehead atoms. The molecule has 0 amide bonds. The average Bonchev–Trinajstić information content (AvgIpc) is 2.65. The molecule has 0 rings (SSSR count). The molecule has 0 aliphatic carbocycles. The zero-order valence-corrected chi connectivity index (χ0v) is 17.3. The van der Waals surface area contributed by atoms with Gasteiger partial charge in [-0.1, -0.05) is 77.6 Å². The Labute approximate surface area is 165 Å². The predicted octanol–water partition coefficient (Wildman–Crippen LogP) is 5.16. The lowest BCUT2D eigenvalue weighted by molar-refractivity contribution is -0.487. The lowest BCUT2D eigenvalue weighted by atomic mass is 10.1. The summed E-state index contributed by atoms with van der Waals surface area (Å²) < 4.78 is 0. The summed E-state index contributed by atoms with van der Waals surface area (Å²) in [7, 11) is 0. The van der Waals surface area contributed by atoms with Crippen LogP contribution >= 0.6 is 0 Å². The summed E-state index contributed by atoms with van der Waals surface area (Å²) >= 11 is 0. The molecule has 0 aliphatic heterocycles. The molecular formula is C20H42N2O5. The van der Waals surface area contributed by atoms with Gasteiger partial charge in [0.2, 0.25) is 0 Å². The lowest BCUT2D eigenvalue weighted by Crippen LogP contribution is -2.19. The predicted molar refractivity (Wildman–Crippen MR) is 107 cm³/mol. The first-order valence-corrected chi connectivity index (χ1v) is 10.9. The van der Waals surface area contributed by atoms with E-state index in [2.05, 4.69) is 32.4 Å². The number of rotatable bonds is 22. The molecule has 0 fully saturated rings. The largest absolute Gasteiger partial charge is 0.540 e. The van der Waals surface area contributed by atoms with Gasteiger partial charge in [0.25, 0.3) is 0 Å². The Morgan fingerprint density at radius 2 is 1.15 bits per heavy atom. The minimum absolute atomic E-state index is 0.113. The van der Waals surface area contributed by atoms with Gasteiger partial charge in [-0.25, -0.2) is 9.68 Å². The first kappa shape index (κ1) is 26.1. The summed E-state index contributed by atoms with van der Waals surface area (Å²) in [5.41, 5.74) is 0. The highest BCUT2D eigenvalue weighted by molar-refractivity contribution is 5.55. The van der Waals surface area contributed by atoms with Crippen LogP contribution in [0.1, 0.15) is 96.8 Å². The van der Waals surface area contributed by atoms with Crippen LogP contribution in [0.2, 0.25) is 0 Å². The van der Waals surface area contributed by atoms with Gasteiger partial charge < -0.3 is 10.4 Å². The summed E-state index contributed by atoms with van der Waals surface area (Å²) in [5.74, 6) is 0. The molecule has 0 atom stereocenters. The average molecular weight is 391 g/mol. The second kappa shape index (κ2) is 23.1. The maximum Gasteiger partial charge on any atom is 0.540 e. The second-order valence-corrected chi connectivity index (χ2v) is 7.03. The van der Waals surface area contributed by atoms with E-state index in [4.69, 9.17) is 5.11 Å². The van der Waals surface area contributed by atoms with Crippen LogP contribution in [0.15, 0.2) is 0 Å². The van der Waals surface area contributed by atoms with E-state index >= 15 is 0 Å². The first-order chi connectivity index (χ1) is 13.3. The normalized spacial score (nSPS) is 11.0. The van der Waals surface area contributed by atoms with Crippen LogP contribution in [0.4, 0.5) is 4.79 Å². The van der Waals surface area contributed by atoms with Crippen LogP contribution in [-0.2, 0) is 14.8 Å². The number of unbranched alkanes of at least 4 members (excludes halogenated alkanes) is 12. The molecule has 0 unspecified atom stereocenters. The van der Waals surface area contributed by atoms with Crippen LogP contribution < -0.4 is 10.6 Å². The quantitative estimate of drug-likeness (QED) is 0.102. The number of carboxylic acid groups (broad SMARTS) is 1. The Bertz CT molecular complexity index is 306. The Kier molecular flexibility index (Phi) is 22.4. The lowest BCUT2D eigenvalue weighted by Gasteiger charge is -2.05. The fourth-order valence-electron chi connectivity index (χ4n) is 2.91. The van der Waals surface area contributed by atoms with Gasteiger partial charge in [0, 0.05) is 0 Å². The molecule has 7 nitrogen and oxygen atoms in total. The number of hydrogen-bond acceptors (Lipinski definition) is 6. The highest BCUT2D eigenvalue weighted by Gasteiger charge is 1.97. The van der Waals surface area contributed by atoms with Crippen molar-refractivity contribution >= 4 is 6.16 Å². The molecule has 0 aromatic carbocycles. The third kappa shape index (κ3) is 25.1. The Morgan fingerprint density at radius 1 is 0.704 bits per heavy atom. The molecule has 0 radical (unpaired) electrons. The number of nitrogens with one attached hydrogen (secondary N) is 2. The topological polar surface area (TPSA) is 89.0 Å². The molecule has 162 valence electrons. The van der Waals surface area contributed by atoms with Crippen molar-refractivity contribution in [1.29, 1.82) is 0 Å². The van der Waals surface area contributed by atoms with Crippen molar-refractivity contribution < 1.29 is 24.7 Å². The van der Waals surface area contributed by atoms with Crippen molar-refractivity contribution in [2.24, 2.45) is 0 Å². The van der Waals surface area contributed by atoms with Crippen LogP contribution in [0.3, 0.4) is 0 Å². The maximum absolute atomic E-state index is 9.96. The number of hydrogen-bond donors (Lipinski definition) is 3. The maximum atomic E-state index is 9.96. The summed E-state index contributed by atoms with van der Waals surface area (Å²) in [6.45, 7) is 5.56. The van der Waals surface area contributed by atoms with E-state index in [9.17, 15) is 4.79 Å². The van der Waals surface area contributed by atoms with Gasteiger partial charge in [-0.3, -0.25) is 5.32 Å². The van der Waals surface area contributed by atoms with Gasteiger partial charge in [0.1, 0.15) is 6.73 Å². The van der Waals surface area contributed by atoms with Gasteiger partial charge in [-0.15, -0.1) is 0 Å². The minimum Gasteiger partial charge on any atom is -0.448 e. The van der Waals surface area contributed by atoms with Crippen molar-refractivity contribution in [3.05, 3.63) is 0 Å². The van der Waals surface area contributed by atoms with Crippen LogP contribution in [0.25, 0.3) is 0 Å². The van der Waals surface area contributed by atoms with Crippen molar-refractivity contribution in [3.8, 4) is 0 Å². The van der Waals surface area contributed by atoms with Crippen molar-refractivity contribution in [2.75, 3.05) is 26.4 Å². The highest BCUT2D eigenvalue weighted by atomic mass is 17.5. The standard InChI is InChI=1S/C20H42N2O5/c1-2-3-13-16-21-17-14-11-9-7-5-4-6-8-10-12-15-18-22-19-25-27-26-20(23)24/h21-22H,2-19H2,1H3,(H,23,24). The van der Waals surface area contributed by atoms with E-state index in [0.29, 0.717) is 0 Å². The van der Waals surface area contributed by atoms with Crippen molar-refractivity contribution in [3.63, 3.8) is 0 Å². The second-order valence-electron chi connectivity index (χ2n) is 7.03. The van der Waals surface area contributed by atoms with Crippen molar-refractivity contribution in [1.82, 2.24) is 10.6 Å². The molecular weight excluding hydrogens is 348 g/mol.